The van der Waals surface area contributed by atoms with Crippen molar-refractivity contribution in [1.29, 1.82) is 0 Å². The number of thioether (sulfide) groups is 1. The predicted molar refractivity (Wildman–Crippen MR) is 113 cm³/mol. The van der Waals surface area contributed by atoms with Crippen molar-refractivity contribution < 1.29 is 9.53 Å². The molecule has 0 unspecified atom stereocenters. The molecule has 1 aliphatic heterocycles. The zero-order chi connectivity index (χ0) is 19.7. The van der Waals surface area contributed by atoms with Crippen LogP contribution in [0.5, 0.6) is 5.75 Å². The molecule has 6 heteroatoms. The maximum Gasteiger partial charge on any atom is 0.235 e. The van der Waals surface area contributed by atoms with Gasteiger partial charge in [0.2, 0.25) is 5.91 Å². The Bertz CT molecular complexity index is 994. The van der Waals surface area contributed by atoms with Gasteiger partial charge in [0.05, 0.1) is 16.7 Å². The molecule has 0 bridgehead atoms. The van der Waals surface area contributed by atoms with E-state index in [0.29, 0.717) is 12.4 Å². The quantitative estimate of drug-likeness (QED) is 0.714. The molecule has 1 aromatic heterocycles. The van der Waals surface area contributed by atoms with Crippen molar-refractivity contribution in [2.24, 2.45) is 7.05 Å². The minimum Gasteiger partial charge on any atom is -0.489 e. The molecule has 5 nitrogen and oxygen atoms in total. The van der Waals surface area contributed by atoms with Crippen molar-refractivity contribution >= 4 is 23.5 Å². The maximum atomic E-state index is 12.1. The summed E-state index contributed by atoms with van der Waals surface area (Å²) in [5, 5.41) is 7.54. The van der Waals surface area contributed by atoms with Crippen molar-refractivity contribution in [3.63, 3.8) is 0 Å². The summed E-state index contributed by atoms with van der Waals surface area (Å²) in [5.41, 5.74) is 5.55. The molecule has 0 saturated carbocycles. The Morgan fingerprint density at radius 3 is 2.57 bits per heavy atom. The van der Waals surface area contributed by atoms with Crippen LogP contribution in [-0.2, 0) is 18.4 Å². The van der Waals surface area contributed by atoms with Gasteiger partial charge in [-0.2, -0.15) is 5.10 Å². The minimum atomic E-state index is 0.00908. The third kappa shape index (κ3) is 3.78. The molecule has 0 spiro atoms. The number of ether oxygens (including phenoxy) is 1. The zero-order valence-electron chi connectivity index (χ0n) is 16.2. The van der Waals surface area contributed by atoms with Crippen molar-refractivity contribution in [3.8, 4) is 5.75 Å². The van der Waals surface area contributed by atoms with Crippen LogP contribution in [0.1, 0.15) is 33.2 Å². The smallest absolute Gasteiger partial charge is 0.235 e. The Morgan fingerprint density at radius 1 is 1.14 bits per heavy atom. The molecule has 1 aliphatic rings. The van der Waals surface area contributed by atoms with E-state index in [1.54, 1.807) is 16.4 Å². The first-order valence-corrected chi connectivity index (χ1v) is 10.3. The first-order chi connectivity index (χ1) is 13.5. The molecule has 1 atom stereocenters. The number of aryl methyl sites for hydroxylation is 3. The van der Waals surface area contributed by atoms with Crippen molar-refractivity contribution in [2.75, 3.05) is 11.1 Å². The Kier molecular flexibility index (Phi) is 5.13. The molecule has 1 N–H and O–H groups in total. The van der Waals surface area contributed by atoms with Gasteiger partial charge in [0.1, 0.15) is 18.2 Å². The average molecular weight is 394 g/mol. The van der Waals surface area contributed by atoms with E-state index < -0.39 is 0 Å². The second-order valence-corrected chi connectivity index (χ2v) is 8.15. The number of aromatic nitrogens is 2. The van der Waals surface area contributed by atoms with Crippen LogP contribution in [0.3, 0.4) is 0 Å². The largest absolute Gasteiger partial charge is 0.489 e. The highest BCUT2D eigenvalue weighted by atomic mass is 32.2. The number of hydrogen-bond donors (Lipinski definition) is 1. The maximum absolute atomic E-state index is 12.1. The van der Waals surface area contributed by atoms with E-state index in [0.717, 1.165) is 34.0 Å². The van der Waals surface area contributed by atoms with E-state index >= 15 is 0 Å². The number of anilines is 1. The third-order valence-electron chi connectivity index (χ3n) is 4.88. The predicted octanol–water partition coefficient (Wildman–Crippen LogP) is 4.39. The fourth-order valence-corrected chi connectivity index (χ4v) is 4.59. The normalized spacial score (nSPS) is 16.2. The molecule has 2 aromatic carbocycles. The van der Waals surface area contributed by atoms with Gasteiger partial charge >= 0.3 is 0 Å². The molecule has 3 aromatic rings. The highest BCUT2D eigenvalue weighted by molar-refractivity contribution is 8.00. The van der Waals surface area contributed by atoms with Gasteiger partial charge < -0.3 is 10.1 Å². The van der Waals surface area contributed by atoms with E-state index in [9.17, 15) is 4.79 Å². The lowest BCUT2D eigenvalue weighted by Gasteiger charge is -2.16. The Balaban J connectivity index is 1.53. The summed E-state index contributed by atoms with van der Waals surface area (Å²) < 4.78 is 7.67. The van der Waals surface area contributed by atoms with E-state index in [1.165, 1.54) is 5.56 Å². The number of benzene rings is 2. The van der Waals surface area contributed by atoms with Crippen LogP contribution in [0.25, 0.3) is 0 Å². The molecular weight excluding hydrogens is 370 g/mol. The van der Waals surface area contributed by atoms with Crippen LogP contribution in [0.2, 0.25) is 0 Å². The standard InChI is InChI=1S/C22H23N3O2S/c1-14-4-6-16(7-5-14)12-27-18-10-8-17(9-11-18)21-20-15(2)24-25(3)22(20)23-19(26)13-28-21/h4-11,21H,12-13H2,1-3H3,(H,23,26)/t21-/m0/s1. The molecule has 28 heavy (non-hydrogen) atoms. The van der Waals surface area contributed by atoms with Gasteiger partial charge in [-0.25, -0.2) is 0 Å². The molecule has 1 amide bonds. The first kappa shape index (κ1) is 18.6. The van der Waals surface area contributed by atoms with Crippen LogP contribution in [0, 0.1) is 13.8 Å². The number of amides is 1. The van der Waals surface area contributed by atoms with Crippen molar-refractivity contribution in [3.05, 3.63) is 76.5 Å². The SMILES string of the molecule is Cc1ccc(COc2ccc([C@@H]3SCC(=O)Nc4c3c(C)nn4C)cc2)cc1. The molecular formula is C22H23N3O2S. The van der Waals surface area contributed by atoms with Gasteiger partial charge in [0.25, 0.3) is 0 Å². The molecule has 0 saturated heterocycles. The topological polar surface area (TPSA) is 56.1 Å². The summed E-state index contributed by atoms with van der Waals surface area (Å²) in [6, 6.07) is 16.5. The fourth-order valence-electron chi connectivity index (χ4n) is 3.40. The summed E-state index contributed by atoms with van der Waals surface area (Å²) >= 11 is 1.63. The summed E-state index contributed by atoms with van der Waals surface area (Å²) in [4.78, 5) is 12.1. The van der Waals surface area contributed by atoms with E-state index in [1.807, 2.05) is 26.1 Å². The number of nitrogens with one attached hydrogen (secondary N) is 1. The minimum absolute atomic E-state index is 0.00908. The van der Waals surface area contributed by atoms with Gasteiger partial charge in [-0.15, -0.1) is 11.8 Å². The van der Waals surface area contributed by atoms with Crippen LogP contribution >= 0.6 is 11.8 Å². The third-order valence-corrected chi connectivity index (χ3v) is 6.15. The Labute approximate surface area is 169 Å². The molecule has 0 aliphatic carbocycles. The number of nitrogens with zero attached hydrogens (tertiary/aromatic N) is 2. The molecule has 144 valence electrons. The summed E-state index contributed by atoms with van der Waals surface area (Å²) in [5.74, 6) is 2.05. The van der Waals surface area contributed by atoms with Gasteiger partial charge in [-0.05, 0) is 37.1 Å². The van der Waals surface area contributed by atoms with Crippen LogP contribution in [-0.4, -0.2) is 21.4 Å². The van der Waals surface area contributed by atoms with Crippen LogP contribution in [0.4, 0.5) is 5.82 Å². The van der Waals surface area contributed by atoms with Crippen LogP contribution < -0.4 is 10.1 Å². The van der Waals surface area contributed by atoms with Gasteiger partial charge in [-0.3, -0.25) is 9.48 Å². The number of fused-ring (bicyclic) bond motifs is 1. The molecule has 0 radical (unpaired) electrons. The lowest BCUT2D eigenvalue weighted by atomic mass is 10.0. The lowest BCUT2D eigenvalue weighted by Crippen LogP contribution is -2.15. The number of rotatable bonds is 4. The van der Waals surface area contributed by atoms with Gasteiger partial charge in [0, 0.05) is 12.6 Å². The van der Waals surface area contributed by atoms with E-state index in [4.69, 9.17) is 4.74 Å². The first-order valence-electron chi connectivity index (χ1n) is 9.24. The zero-order valence-corrected chi connectivity index (χ0v) is 17.0. The number of carbonyl (C=O) groups excluding carboxylic acids is 1. The fraction of sp³-hybridized carbons (Fsp3) is 0.273. The van der Waals surface area contributed by atoms with Gasteiger partial charge in [-0.1, -0.05) is 42.0 Å². The summed E-state index contributed by atoms with van der Waals surface area (Å²) in [6.45, 7) is 4.61. The Hall–Kier alpha value is -2.73. The highest BCUT2D eigenvalue weighted by Gasteiger charge is 2.29. The molecule has 4 rings (SSSR count). The summed E-state index contributed by atoms with van der Waals surface area (Å²) in [6.07, 6.45) is 0. The second-order valence-electron chi connectivity index (χ2n) is 7.05. The number of hydrogen-bond acceptors (Lipinski definition) is 4. The van der Waals surface area contributed by atoms with Gasteiger partial charge in [0.15, 0.2) is 0 Å². The molecule has 0 fully saturated rings. The van der Waals surface area contributed by atoms with Crippen LogP contribution in [0.15, 0.2) is 48.5 Å². The highest BCUT2D eigenvalue weighted by Crippen LogP contribution is 2.43. The number of carbonyl (C=O) groups is 1. The second kappa shape index (κ2) is 7.72. The lowest BCUT2D eigenvalue weighted by molar-refractivity contribution is -0.113. The van der Waals surface area contributed by atoms with E-state index in [-0.39, 0.29) is 11.2 Å². The monoisotopic (exact) mass is 393 g/mol. The molecule has 2 heterocycles. The van der Waals surface area contributed by atoms with Crippen molar-refractivity contribution in [2.45, 2.75) is 25.7 Å². The van der Waals surface area contributed by atoms with Crippen molar-refractivity contribution in [1.82, 2.24) is 9.78 Å². The Morgan fingerprint density at radius 2 is 1.86 bits per heavy atom. The van der Waals surface area contributed by atoms with E-state index in [2.05, 4.69) is 53.7 Å². The average Bonchev–Trinajstić information content (AvgIpc) is 2.86. The summed E-state index contributed by atoms with van der Waals surface area (Å²) in [7, 11) is 1.86.